The van der Waals surface area contributed by atoms with E-state index < -0.39 is 24.3 Å². The average molecular weight is 805 g/mol. The minimum absolute atomic E-state index is 0.179. The number of nitrogens with zero attached hydrogens (tertiary/aromatic N) is 1. The minimum Gasteiger partial charge on any atom is -0.477 e. The van der Waals surface area contributed by atoms with E-state index in [0.717, 1.165) is 57.8 Å². The van der Waals surface area contributed by atoms with Crippen molar-refractivity contribution in [2.45, 2.75) is 193 Å². The zero-order chi connectivity index (χ0) is 42.1. The zero-order valence-corrected chi connectivity index (χ0v) is 37.2. The van der Waals surface area contributed by atoms with Gasteiger partial charge in [0.15, 0.2) is 6.10 Å². The van der Waals surface area contributed by atoms with Gasteiger partial charge in [0.2, 0.25) is 0 Å². The van der Waals surface area contributed by atoms with Crippen LogP contribution in [0, 0.1) is 0 Å². The number of carboxylic acid groups (broad SMARTS) is 1. The number of carbonyl (C=O) groups is 3. The summed E-state index contributed by atoms with van der Waals surface area (Å²) in [5.41, 5.74) is 0. The Kier molecular flexibility index (Phi) is 38.1. The molecule has 0 rings (SSSR count). The number of carboxylic acids is 1. The van der Waals surface area contributed by atoms with Gasteiger partial charge in [-0.25, -0.2) is 4.79 Å². The highest BCUT2D eigenvalue weighted by Crippen LogP contribution is 2.15. The molecule has 0 aromatic heterocycles. The molecule has 57 heavy (non-hydrogen) atoms. The summed E-state index contributed by atoms with van der Waals surface area (Å²) in [6, 6.07) is 0. The van der Waals surface area contributed by atoms with Gasteiger partial charge in [0, 0.05) is 12.8 Å². The zero-order valence-electron chi connectivity index (χ0n) is 37.2. The number of ether oxygens (including phenoxy) is 4. The van der Waals surface area contributed by atoms with Crippen molar-refractivity contribution >= 4 is 17.9 Å². The first-order valence-corrected chi connectivity index (χ1v) is 22.8. The summed E-state index contributed by atoms with van der Waals surface area (Å²) >= 11 is 0. The van der Waals surface area contributed by atoms with Crippen LogP contribution >= 0.6 is 0 Å². The summed E-state index contributed by atoms with van der Waals surface area (Å²) in [5.74, 6) is -2.06. The van der Waals surface area contributed by atoms with Gasteiger partial charge in [-0.15, -0.1) is 0 Å². The molecular formula is C48H86NO8+. The van der Waals surface area contributed by atoms with E-state index in [1.54, 1.807) is 0 Å². The molecule has 0 aromatic carbocycles. The second-order valence-electron chi connectivity index (χ2n) is 16.3. The van der Waals surface area contributed by atoms with Gasteiger partial charge in [0.1, 0.15) is 13.2 Å². The third-order valence-corrected chi connectivity index (χ3v) is 9.60. The summed E-state index contributed by atoms with van der Waals surface area (Å²) in [7, 11) is 5.94. The molecule has 0 radical (unpaired) electrons. The largest absolute Gasteiger partial charge is 0.477 e. The maximum Gasteiger partial charge on any atom is 0.361 e. The summed E-state index contributed by atoms with van der Waals surface area (Å²) in [5, 5.41) is 9.63. The number of likely N-dealkylation sites (N-methyl/N-ethyl adjacent to an activating group) is 1. The Morgan fingerprint density at radius 3 is 1.49 bits per heavy atom. The highest BCUT2D eigenvalue weighted by Gasteiger charge is 2.25. The van der Waals surface area contributed by atoms with Gasteiger partial charge in [-0.1, -0.05) is 165 Å². The van der Waals surface area contributed by atoms with Gasteiger partial charge in [-0.05, 0) is 51.4 Å². The molecule has 330 valence electrons. The van der Waals surface area contributed by atoms with E-state index >= 15 is 0 Å². The fraction of sp³-hybridized carbons (Fsp3) is 0.771. The van der Waals surface area contributed by atoms with E-state index in [2.05, 4.69) is 62.5 Å². The molecule has 9 heteroatoms. The lowest BCUT2D eigenvalue weighted by Gasteiger charge is -2.25. The predicted octanol–water partition coefficient (Wildman–Crippen LogP) is 12.0. The van der Waals surface area contributed by atoms with Gasteiger partial charge in [0.05, 0.1) is 34.4 Å². The molecule has 9 nitrogen and oxygen atoms in total. The molecule has 0 aromatic rings. The van der Waals surface area contributed by atoms with E-state index in [0.29, 0.717) is 23.9 Å². The molecule has 0 saturated carbocycles. The van der Waals surface area contributed by atoms with Crippen LogP contribution in [0.2, 0.25) is 0 Å². The number of esters is 2. The quantitative estimate of drug-likeness (QED) is 0.0214. The molecule has 0 aliphatic carbocycles. The SMILES string of the molecule is CC/C=C\C/C=C\C/C=C\C/C=C\CCCCC(=O)OC(COC(=O)CCCCCCCCCCCCCCCCCCC)COC(OCC[N+](C)(C)C)C(=O)O. The number of hydrogen-bond donors (Lipinski definition) is 1. The van der Waals surface area contributed by atoms with Crippen molar-refractivity contribution in [1.82, 2.24) is 0 Å². The maximum absolute atomic E-state index is 12.7. The molecule has 0 aliphatic rings. The van der Waals surface area contributed by atoms with E-state index in [1.807, 2.05) is 21.1 Å². The van der Waals surface area contributed by atoms with E-state index in [1.165, 1.54) is 89.9 Å². The Morgan fingerprint density at radius 1 is 0.544 bits per heavy atom. The van der Waals surface area contributed by atoms with Gasteiger partial charge >= 0.3 is 17.9 Å². The van der Waals surface area contributed by atoms with Gasteiger partial charge in [0.25, 0.3) is 6.29 Å². The first-order chi connectivity index (χ1) is 27.6. The molecule has 1 N–H and O–H groups in total. The topological polar surface area (TPSA) is 108 Å². The number of quaternary nitrogens is 1. The van der Waals surface area contributed by atoms with Crippen molar-refractivity contribution in [3.05, 3.63) is 48.6 Å². The van der Waals surface area contributed by atoms with Crippen LogP contribution in [0.4, 0.5) is 0 Å². The van der Waals surface area contributed by atoms with Crippen LogP contribution in [-0.2, 0) is 33.3 Å². The van der Waals surface area contributed by atoms with Crippen LogP contribution in [0.3, 0.4) is 0 Å². The molecule has 0 fully saturated rings. The highest BCUT2D eigenvalue weighted by atomic mass is 16.7. The summed E-state index contributed by atoms with van der Waals surface area (Å²) in [6.45, 7) is 4.71. The Bertz CT molecular complexity index is 1080. The Labute approximate surface area is 349 Å². The van der Waals surface area contributed by atoms with Crippen molar-refractivity contribution in [2.24, 2.45) is 0 Å². The first kappa shape index (κ1) is 54.2. The van der Waals surface area contributed by atoms with Crippen LogP contribution in [0.25, 0.3) is 0 Å². The van der Waals surface area contributed by atoms with Crippen LogP contribution in [-0.4, -0.2) is 87.4 Å². The van der Waals surface area contributed by atoms with Gasteiger partial charge in [-0.3, -0.25) is 9.59 Å². The minimum atomic E-state index is -1.52. The molecule has 2 unspecified atom stereocenters. The predicted molar refractivity (Wildman–Crippen MR) is 235 cm³/mol. The van der Waals surface area contributed by atoms with Gasteiger partial charge < -0.3 is 28.5 Å². The van der Waals surface area contributed by atoms with Crippen molar-refractivity contribution in [3.63, 3.8) is 0 Å². The molecule has 0 bridgehead atoms. The second kappa shape index (κ2) is 40.0. The van der Waals surface area contributed by atoms with Crippen LogP contribution in [0.5, 0.6) is 0 Å². The summed E-state index contributed by atoms with van der Waals surface area (Å²) in [4.78, 5) is 37.1. The Morgan fingerprint density at radius 2 is 1.00 bits per heavy atom. The lowest BCUT2D eigenvalue weighted by molar-refractivity contribution is -0.870. The van der Waals surface area contributed by atoms with Crippen LogP contribution in [0.15, 0.2) is 48.6 Å². The third-order valence-electron chi connectivity index (χ3n) is 9.60. The standard InChI is InChI=1S/C48H85NO8/c1-6-8-10-12-14-16-18-20-22-23-25-26-28-30-32-34-36-38-45(50)55-42-44(43-56-48(47(52)53)54-41-40-49(3,4)5)57-46(51)39-37-35-33-31-29-27-24-21-19-17-15-13-11-9-7-2/h9,11,15,17,21,24,29,31,44,48H,6-8,10,12-14,16,18-20,22-23,25-28,30,32-43H2,1-5H3/p+1/b11-9-,17-15-,24-21-,31-29-. The number of allylic oxidation sites excluding steroid dienone is 8. The molecule has 2 atom stereocenters. The molecule has 0 aliphatic heterocycles. The lowest BCUT2D eigenvalue weighted by atomic mass is 10.0. The van der Waals surface area contributed by atoms with E-state index in [-0.39, 0.29) is 32.2 Å². The van der Waals surface area contributed by atoms with E-state index in [9.17, 15) is 19.5 Å². The molecular weight excluding hydrogens is 719 g/mol. The monoisotopic (exact) mass is 805 g/mol. The fourth-order valence-corrected chi connectivity index (χ4v) is 6.06. The fourth-order valence-electron chi connectivity index (χ4n) is 6.06. The number of aliphatic carboxylic acids is 1. The van der Waals surface area contributed by atoms with E-state index in [4.69, 9.17) is 18.9 Å². The molecule has 0 amide bonds. The number of carbonyl (C=O) groups excluding carboxylic acids is 2. The maximum atomic E-state index is 12.7. The van der Waals surface area contributed by atoms with Crippen molar-refractivity contribution in [3.8, 4) is 0 Å². The first-order valence-electron chi connectivity index (χ1n) is 22.8. The molecule has 0 heterocycles. The Hall–Kier alpha value is -2.75. The average Bonchev–Trinajstić information content (AvgIpc) is 3.17. The second-order valence-corrected chi connectivity index (χ2v) is 16.3. The normalized spacial score (nSPS) is 13.4. The van der Waals surface area contributed by atoms with Crippen LogP contribution in [0.1, 0.15) is 181 Å². The third kappa shape index (κ3) is 41.2. The van der Waals surface area contributed by atoms with Gasteiger partial charge in [-0.2, -0.15) is 0 Å². The van der Waals surface area contributed by atoms with Crippen molar-refractivity contribution in [2.75, 3.05) is 47.5 Å². The smallest absolute Gasteiger partial charge is 0.361 e. The van der Waals surface area contributed by atoms with Crippen molar-refractivity contribution < 1.29 is 42.9 Å². The number of hydrogen-bond acceptors (Lipinski definition) is 7. The van der Waals surface area contributed by atoms with Crippen LogP contribution < -0.4 is 0 Å². The summed E-state index contributed by atoms with van der Waals surface area (Å²) < 4.78 is 22.7. The molecule has 0 saturated heterocycles. The lowest BCUT2D eigenvalue weighted by Crippen LogP contribution is -2.40. The molecule has 0 spiro atoms. The van der Waals surface area contributed by atoms with Crippen molar-refractivity contribution in [1.29, 1.82) is 0 Å². The number of rotatable bonds is 41. The number of unbranched alkanes of at least 4 members (excludes halogenated alkanes) is 18. The Balaban J connectivity index is 4.47. The highest BCUT2D eigenvalue weighted by molar-refractivity contribution is 5.71. The summed E-state index contributed by atoms with van der Waals surface area (Å²) in [6.07, 6.45) is 43.2.